The first kappa shape index (κ1) is 8.95. The summed E-state index contributed by atoms with van der Waals surface area (Å²) >= 11 is 0. The molecule has 0 saturated heterocycles. The summed E-state index contributed by atoms with van der Waals surface area (Å²) in [5.74, 6) is 2.00. The number of quaternary nitrogens is 1. The van der Waals surface area contributed by atoms with Gasteiger partial charge in [0.05, 0.1) is 0 Å². The molecule has 0 radical (unpaired) electrons. The SMILES string of the molecule is O=C(O)O.[NH3+][O-]. The van der Waals surface area contributed by atoms with Crippen LogP contribution in [-0.2, 0) is 0 Å². The Kier molecular flexibility index (Phi) is 13.3. The molecule has 5 nitrogen and oxygen atoms in total. The zero-order chi connectivity index (χ0) is 5.58. The van der Waals surface area contributed by atoms with Gasteiger partial charge in [-0.1, -0.05) is 0 Å². The number of hydrogen-bond acceptors (Lipinski definition) is 2. The highest BCUT2D eigenvalue weighted by Crippen LogP contribution is 1.42. The van der Waals surface area contributed by atoms with Crippen molar-refractivity contribution in [2.75, 3.05) is 0 Å². The van der Waals surface area contributed by atoms with Crippen molar-refractivity contribution in [1.29, 1.82) is 0 Å². The molecule has 0 bridgehead atoms. The molecule has 0 unspecified atom stereocenters. The molecular formula is CH5NO4. The average Bonchev–Trinajstić information content (AvgIpc) is 1.41. The maximum Gasteiger partial charge on any atom is 0.503 e. The van der Waals surface area contributed by atoms with Gasteiger partial charge in [0.2, 0.25) is 0 Å². The Bertz CT molecular complexity index is 30.5. The van der Waals surface area contributed by atoms with Crippen molar-refractivity contribution < 1.29 is 20.9 Å². The van der Waals surface area contributed by atoms with Gasteiger partial charge in [0.15, 0.2) is 0 Å². The van der Waals surface area contributed by atoms with Gasteiger partial charge in [-0.2, -0.15) is 0 Å². The third kappa shape index (κ3) is 23.3. The van der Waals surface area contributed by atoms with E-state index in [0.29, 0.717) is 0 Å². The quantitative estimate of drug-likeness (QED) is 0.333. The average molecular weight is 95.1 g/mol. The second-order valence-electron chi connectivity index (χ2n) is 0.283. The molecular weight excluding hydrogens is 90.0 g/mol. The summed E-state index contributed by atoms with van der Waals surface area (Å²) in [5.41, 5.74) is 0. The zero-order valence-electron chi connectivity index (χ0n) is 2.92. The lowest BCUT2D eigenvalue weighted by Gasteiger charge is -1.60. The van der Waals surface area contributed by atoms with Crippen molar-refractivity contribution in [2.24, 2.45) is 0 Å². The van der Waals surface area contributed by atoms with Crippen molar-refractivity contribution in [3.8, 4) is 0 Å². The van der Waals surface area contributed by atoms with Gasteiger partial charge >= 0.3 is 6.16 Å². The molecule has 0 rings (SSSR count). The topological polar surface area (TPSA) is 108 Å². The van der Waals surface area contributed by atoms with Gasteiger partial charge in [0, 0.05) is 0 Å². The Morgan fingerprint density at radius 2 is 1.50 bits per heavy atom. The Morgan fingerprint density at radius 3 is 1.50 bits per heavy atom. The van der Waals surface area contributed by atoms with E-state index in [1.807, 2.05) is 5.90 Å². The zero-order valence-corrected chi connectivity index (χ0v) is 2.92. The molecule has 0 amide bonds. The fraction of sp³-hybridized carbons (Fsp3) is 0. The molecule has 0 aliphatic rings. The summed E-state index contributed by atoms with van der Waals surface area (Å²) in [5, 5.41) is 21.9. The molecule has 0 aromatic heterocycles. The van der Waals surface area contributed by atoms with Crippen molar-refractivity contribution in [2.45, 2.75) is 0 Å². The molecule has 5 N–H and O–H groups in total. The van der Waals surface area contributed by atoms with Gasteiger partial charge in [-0.3, -0.25) is 0 Å². The van der Waals surface area contributed by atoms with Crippen molar-refractivity contribution in [1.82, 2.24) is 0 Å². The molecule has 38 valence electrons. The predicted octanol–water partition coefficient (Wildman–Crippen LogP) is -1.05. The van der Waals surface area contributed by atoms with E-state index in [1.54, 1.807) is 0 Å². The molecule has 0 fully saturated rings. The summed E-state index contributed by atoms with van der Waals surface area (Å²) in [6, 6.07) is 0. The molecule has 6 heavy (non-hydrogen) atoms. The first-order valence-electron chi connectivity index (χ1n) is 0.940. The molecule has 0 aliphatic carbocycles. The number of hydrogen-bond donors (Lipinski definition) is 3. The largest absolute Gasteiger partial charge is 0.637 e. The third-order valence-corrected chi connectivity index (χ3v) is 0. The molecule has 0 heterocycles. The van der Waals surface area contributed by atoms with E-state index in [1.165, 1.54) is 0 Å². The second-order valence-corrected chi connectivity index (χ2v) is 0.283. The molecule has 0 aliphatic heterocycles. The van der Waals surface area contributed by atoms with Crippen LogP contribution in [0.5, 0.6) is 0 Å². The highest BCUT2D eigenvalue weighted by atomic mass is 16.6. The van der Waals surface area contributed by atoms with Gasteiger partial charge in [0.1, 0.15) is 0 Å². The molecule has 0 aromatic carbocycles. The van der Waals surface area contributed by atoms with E-state index in [2.05, 4.69) is 0 Å². The summed E-state index contributed by atoms with van der Waals surface area (Å²) in [7, 11) is 0. The first-order chi connectivity index (χ1) is 2.73. The van der Waals surface area contributed by atoms with Crippen LogP contribution in [0.3, 0.4) is 0 Å². The first-order valence-corrected chi connectivity index (χ1v) is 0.940. The van der Waals surface area contributed by atoms with E-state index >= 15 is 0 Å². The number of carbonyl (C=O) groups is 1. The van der Waals surface area contributed by atoms with Gasteiger partial charge in [-0.15, -0.1) is 0 Å². The molecule has 0 atom stereocenters. The van der Waals surface area contributed by atoms with Crippen LogP contribution in [-0.4, -0.2) is 16.4 Å². The minimum atomic E-state index is -1.83. The minimum Gasteiger partial charge on any atom is -0.637 e. The van der Waals surface area contributed by atoms with Gasteiger partial charge in [-0.05, 0) is 0 Å². The Morgan fingerprint density at radius 1 is 1.50 bits per heavy atom. The third-order valence-electron chi connectivity index (χ3n) is 0. The van der Waals surface area contributed by atoms with Gasteiger partial charge in [0.25, 0.3) is 0 Å². The van der Waals surface area contributed by atoms with Gasteiger partial charge in [-0.25, -0.2) is 4.79 Å². The lowest BCUT2D eigenvalue weighted by Crippen LogP contribution is -2.37. The smallest absolute Gasteiger partial charge is 0.503 e. The number of carboxylic acid groups (broad SMARTS) is 2. The fourth-order valence-electron chi connectivity index (χ4n) is 0. The van der Waals surface area contributed by atoms with Crippen LogP contribution in [0.4, 0.5) is 4.79 Å². The summed E-state index contributed by atoms with van der Waals surface area (Å²) in [4.78, 5) is 8.56. The fourth-order valence-corrected chi connectivity index (χ4v) is 0. The summed E-state index contributed by atoms with van der Waals surface area (Å²) < 4.78 is 0. The Labute approximate surface area is 33.6 Å². The highest BCUT2D eigenvalue weighted by molar-refractivity contribution is 5.53. The Hall–Kier alpha value is -0.810. The summed E-state index contributed by atoms with van der Waals surface area (Å²) in [6.07, 6.45) is -1.83. The normalized spacial score (nSPS) is 5.00. The lowest BCUT2D eigenvalue weighted by molar-refractivity contribution is -0.275. The standard InChI is InChI=1S/CH2O3.H3NO/c2-1(3)4;1-2/h(H2,2,3,4);1H3. The maximum atomic E-state index is 8.56. The van der Waals surface area contributed by atoms with Crippen LogP contribution >= 0.6 is 0 Å². The van der Waals surface area contributed by atoms with Crippen molar-refractivity contribution in [3.05, 3.63) is 5.21 Å². The van der Waals surface area contributed by atoms with Crippen molar-refractivity contribution in [3.63, 3.8) is 0 Å². The van der Waals surface area contributed by atoms with Crippen LogP contribution in [0, 0.1) is 5.21 Å². The van der Waals surface area contributed by atoms with Crippen molar-refractivity contribution >= 4 is 6.16 Å². The van der Waals surface area contributed by atoms with Crippen LogP contribution in [0.1, 0.15) is 0 Å². The van der Waals surface area contributed by atoms with Crippen LogP contribution in [0.25, 0.3) is 0 Å². The van der Waals surface area contributed by atoms with Crippen LogP contribution in [0.2, 0.25) is 0 Å². The van der Waals surface area contributed by atoms with E-state index < -0.39 is 6.16 Å². The minimum absolute atomic E-state index is 1.83. The molecule has 5 heteroatoms. The molecule has 0 spiro atoms. The van der Waals surface area contributed by atoms with E-state index in [9.17, 15) is 0 Å². The van der Waals surface area contributed by atoms with Gasteiger partial charge < -0.3 is 21.3 Å². The Balaban J connectivity index is 0. The van der Waals surface area contributed by atoms with E-state index in [-0.39, 0.29) is 0 Å². The molecule has 0 aromatic rings. The van der Waals surface area contributed by atoms with Crippen LogP contribution in [0.15, 0.2) is 0 Å². The lowest BCUT2D eigenvalue weighted by atomic mass is 11.5. The number of rotatable bonds is 0. The van der Waals surface area contributed by atoms with E-state index in [4.69, 9.17) is 20.2 Å². The highest BCUT2D eigenvalue weighted by Gasteiger charge is 1.70. The molecule has 0 saturated carbocycles. The maximum absolute atomic E-state index is 8.56. The van der Waals surface area contributed by atoms with E-state index in [0.717, 1.165) is 0 Å². The second kappa shape index (κ2) is 8.89. The van der Waals surface area contributed by atoms with Crippen LogP contribution < -0.4 is 5.90 Å². The monoisotopic (exact) mass is 95.0 g/mol. The summed E-state index contributed by atoms with van der Waals surface area (Å²) in [6.45, 7) is 0. The predicted molar refractivity (Wildman–Crippen MR) is 16.9 cm³/mol.